The number of fused-ring (bicyclic) bond motifs is 1. The first kappa shape index (κ1) is 6.49. The Morgan fingerprint density at radius 3 is 3.18 bits per heavy atom. The van der Waals surface area contributed by atoms with Crippen molar-refractivity contribution in [3.8, 4) is 0 Å². The molecule has 0 unspecified atom stereocenters. The van der Waals surface area contributed by atoms with Crippen LogP contribution in [0.3, 0.4) is 0 Å². The molecular formula is C7H6ClN3. The highest BCUT2D eigenvalue weighted by Gasteiger charge is 2.00. The molecule has 2 aromatic heterocycles. The van der Waals surface area contributed by atoms with Crippen molar-refractivity contribution in [1.82, 2.24) is 9.97 Å². The number of H-pyrrole nitrogens is 1. The van der Waals surface area contributed by atoms with Crippen LogP contribution in [0.25, 0.3) is 11.0 Å². The lowest BCUT2D eigenvalue weighted by Crippen LogP contribution is -1.82. The molecule has 0 atom stereocenters. The lowest BCUT2D eigenvalue weighted by molar-refractivity contribution is 1.41. The van der Waals surface area contributed by atoms with E-state index in [0.29, 0.717) is 10.7 Å². The summed E-state index contributed by atoms with van der Waals surface area (Å²) in [4.78, 5) is 7.01. The minimum absolute atomic E-state index is 0.611. The topological polar surface area (TPSA) is 54.7 Å². The average molecular weight is 168 g/mol. The predicted octanol–water partition coefficient (Wildman–Crippen LogP) is 1.80. The first-order valence-corrected chi connectivity index (χ1v) is 3.53. The van der Waals surface area contributed by atoms with E-state index in [0.717, 1.165) is 11.0 Å². The van der Waals surface area contributed by atoms with Crippen molar-refractivity contribution in [2.24, 2.45) is 0 Å². The number of hydrogen-bond donors (Lipinski definition) is 2. The van der Waals surface area contributed by atoms with E-state index in [1.165, 1.54) is 0 Å². The third-order valence-corrected chi connectivity index (χ3v) is 1.72. The molecule has 56 valence electrons. The van der Waals surface area contributed by atoms with Gasteiger partial charge in [0.25, 0.3) is 0 Å². The Balaban J connectivity index is 2.86. The second-order valence-electron chi connectivity index (χ2n) is 2.29. The van der Waals surface area contributed by atoms with Crippen LogP contribution in [0, 0.1) is 0 Å². The molecule has 0 fully saturated rings. The van der Waals surface area contributed by atoms with Crippen molar-refractivity contribution >= 4 is 28.3 Å². The van der Waals surface area contributed by atoms with E-state index in [2.05, 4.69) is 9.97 Å². The summed E-state index contributed by atoms with van der Waals surface area (Å²) in [5.74, 6) is 0. The largest absolute Gasteiger partial charge is 0.396 e. The monoisotopic (exact) mass is 167 g/mol. The highest BCUT2D eigenvalue weighted by Crippen LogP contribution is 2.19. The zero-order valence-corrected chi connectivity index (χ0v) is 6.39. The summed E-state index contributed by atoms with van der Waals surface area (Å²) in [6.45, 7) is 0. The van der Waals surface area contributed by atoms with Crippen LogP contribution in [-0.4, -0.2) is 9.97 Å². The number of pyridine rings is 1. The van der Waals surface area contributed by atoms with Crippen molar-refractivity contribution in [2.45, 2.75) is 0 Å². The average Bonchev–Trinajstić information content (AvgIpc) is 2.32. The first-order valence-electron chi connectivity index (χ1n) is 3.15. The Morgan fingerprint density at radius 2 is 2.36 bits per heavy atom. The number of nitrogens with zero attached hydrogens (tertiary/aromatic N) is 1. The third kappa shape index (κ3) is 0.935. The van der Waals surface area contributed by atoms with Crippen LogP contribution in [0.2, 0.25) is 5.02 Å². The number of aromatic amines is 1. The molecule has 0 bridgehead atoms. The first-order chi connectivity index (χ1) is 5.27. The van der Waals surface area contributed by atoms with Crippen molar-refractivity contribution in [3.63, 3.8) is 0 Å². The molecule has 0 aliphatic heterocycles. The molecule has 2 rings (SSSR count). The maximum atomic E-state index is 5.70. The zero-order chi connectivity index (χ0) is 7.84. The molecule has 0 aliphatic carbocycles. The summed E-state index contributed by atoms with van der Waals surface area (Å²) in [5.41, 5.74) is 7.88. The molecule has 0 aromatic carbocycles. The van der Waals surface area contributed by atoms with Gasteiger partial charge in [-0.05, 0) is 6.07 Å². The number of rotatable bonds is 0. The lowest BCUT2D eigenvalue weighted by atomic mass is 10.4. The summed E-state index contributed by atoms with van der Waals surface area (Å²) in [6, 6.07) is 1.79. The summed E-state index contributed by atoms with van der Waals surface area (Å²) in [5, 5.41) is 0.611. The number of hydrogen-bond acceptors (Lipinski definition) is 2. The SMILES string of the molecule is Nc1c[nH]c2cc(Cl)cnc12. The van der Waals surface area contributed by atoms with Crippen LogP contribution in [0.1, 0.15) is 0 Å². The van der Waals surface area contributed by atoms with Gasteiger partial charge in [0, 0.05) is 12.4 Å². The number of nitrogens with one attached hydrogen (secondary N) is 1. The summed E-state index contributed by atoms with van der Waals surface area (Å²) in [6.07, 6.45) is 3.28. The second-order valence-corrected chi connectivity index (χ2v) is 2.73. The van der Waals surface area contributed by atoms with Gasteiger partial charge in [0.05, 0.1) is 16.2 Å². The van der Waals surface area contributed by atoms with Gasteiger partial charge >= 0.3 is 0 Å². The molecule has 2 heterocycles. The fourth-order valence-electron chi connectivity index (χ4n) is 1.00. The van der Waals surface area contributed by atoms with Crippen molar-refractivity contribution < 1.29 is 0 Å². The number of nitrogens with two attached hydrogens (primary N) is 1. The van der Waals surface area contributed by atoms with Crippen molar-refractivity contribution in [3.05, 3.63) is 23.5 Å². The Bertz CT molecular complexity index is 393. The second kappa shape index (κ2) is 2.13. The Morgan fingerprint density at radius 1 is 1.55 bits per heavy atom. The molecule has 0 saturated carbocycles. The lowest BCUT2D eigenvalue weighted by Gasteiger charge is -1.90. The van der Waals surface area contributed by atoms with Crippen LogP contribution in [0.4, 0.5) is 5.69 Å². The molecule has 3 nitrogen and oxygen atoms in total. The van der Waals surface area contributed by atoms with Gasteiger partial charge in [-0.2, -0.15) is 0 Å². The highest BCUT2D eigenvalue weighted by molar-refractivity contribution is 6.31. The zero-order valence-electron chi connectivity index (χ0n) is 5.63. The Labute approximate surface area is 68.2 Å². The minimum Gasteiger partial charge on any atom is -0.396 e. The van der Waals surface area contributed by atoms with E-state index >= 15 is 0 Å². The molecule has 4 heteroatoms. The number of aromatic nitrogens is 2. The fraction of sp³-hybridized carbons (Fsp3) is 0. The third-order valence-electron chi connectivity index (χ3n) is 1.51. The maximum absolute atomic E-state index is 5.70. The van der Waals surface area contributed by atoms with Gasteiger partial charge < -0.3 is 10.7 Å². The van der Waals surface area contributed by atoms with Crippen LogP contribution in [-0.2, 0) is 0 Å². The Hall–Kier alpha value is -1.22. The van der Waals surface area contributed by atoms with Gasteiger partial charge in [0.15, 0.2) is 0 Å². The Kier molecular flexibility index (Phi) is 1.26. The normalized spacial score (nSPS) is 10.6. The van der Waals surface area contributed by atoms with Gasteiger partial charge in [-0.25, -0.2) is 0 Å². The predicted molar refractivity (Wildman–Crippen MR) is 45.5 cm³/mol. The molecule has 0 amide bonds. The number of anilines is 1. The molecule has 0 saturated heterocycles. The van der Waals surface area contributed by atoms with E-state index in [4.69, 9.17) is 17.3 Å². The molecular weight excluding hydrogens is 162 g/mol. The van der Waals surface area contributed by atoms with E-state index in [9.17, 15) is 0 Å². The molecule has 3 N–H and O–H groups in total. The van der Waals surface area contributed by atoms with Crippen LogP contribution < -0.4 is 5.73 Å². The van der Waals surface area contributed by atoms with Crippen molar-refractivity contribution in [1.29, 1.82) is 0 Å². The van der Waals surface area contributed by atoms with Gasteiger partial charge in [0.1, 0.15) is 5.52 Å². The fourth-order valence-corrected chi connectivity index (χ4v) is 1.16. The van der Waals surface area contributed by atoms with E-state index in [-0.39, 0.29) is 0 Å². The molecule has 0 spiro atoms. The molecule has 0 radical (unpaired) electrons. The summed E-state index contributed by atoms with van der Waals surface area (Å²) < 4.78 is 0. The minimum atomic E-state index is 0.611. The van der Waals surface area contributed by atoms with Crippen LogP contribution >= 0.6 is 11.6 Å². The highest BCUT2D eigenvalue weighted by atomic mass is 35.5. The molecule has 0 aliphatic rings. The van der Waals surface area contributed by atoms with Crippen LogP contribution in [0.5, 0.6) is 0 Å². The van der Waals surface area contributed by atoms with Gasteiger partial charge in [-0.3, -0.25) is 4.98 Å². The summed E-state index contributed by atoms with van der Waals surface area (Å²) >= 11 is 5.70. The van der Waals surface area contributed by atoms with Gasteiger partial charge in [0.2, 0.25) is 0 Å². The smallest absolute Gasteiger partial charge is 0.111 e. The standard InChI is InChI=1S/C7H6ClN3/c8-4-1-6-7(11-2-4)5(9)3-10-6/h1-3,10H,9H2. The quantitative estimate of drug-likeness (QED) is 0.629. The van der Waals surface area contributed by atoms with Crippen molar-refractivity contribution in [2.75, 3.05) is 5.73 Å². The van der Waals surface area contributed by atoms with Crippen LogP contribution in [0.15, 0.2) is 18.5 Å². The maximum Gasteiger partial charge on any atom is 0.111 e. The van der Waals surface area contributed by atoms with Gasteiger partial charge in [-0.1, -0.05) is 11.6 Å². The number of halogens is 1. The van der Waals surface area contributed by atoms with E-state index < -0.39 is 0 Å². The molecule has 11 heavy (non-hydrogen) atoms. The van der Waals surface area contributed by atoms with Gasteiger partial charge in [-0.15, -0.1) is 0 Å². The number of nitrogen functional groups attached to an aromatic ring is 1. The van der Waals surface area contributed by atoms with E-state index in [1.54, 1.807) is 18.5 Å². The summed E-state index contributed by atoms with van der Waals surface area (Å²) in [7, 11) is 0. The molecule has 2 aromatic rings. The van der Waals surface area contributed by atoms with E-state index in [1.807, 2.05) is 0 Å².